The number of hydrazine groups is 1. The Morgan fingerprint density at radius 1 is 1.23 bits per heavy atom. The van der Waals surface area contributed by atoms with Crippen LogP contribution in [0.3, 0.4) is 0 Å². The second-order valence-corrected chi connectivity index (χ2v) is 6.87. The molecule has 0 aromatic rings. The SMILES string of the molecule is N=C(NCCCC(C=O)NC(=O)CCCCC1CCCCC1)N[N+](=O)[O-]. The number of aldehydes is 1. The molecule has 1 unspecified atom stereocenters. The molecular weight excluding hydrogens is 338 g/mol. The van der Waals surface area contributed by atoms with Gasteiger partial charge in [0.15, 0.2) is 5.03 Å². The first-order valence-electron chi connectivity index (χ1n) is 9.49. The Hall–Kier alpha value is -2.19. The second kappa shape index (κ2) is 13.1. The van der Waals surface area contributed by atoms with Crippen molar-refractivity contribution in [2.75, 3.05) is 6.54 Å². The molecule has 1 fully saturated rings. The van der Waals surface area contributed by atoms with E-state index in [1.165, 1.54) is 38.5 Å². The predicted octanol–water partition coefficient (Wildman–Crippen LogP) is 1.90. The lowest BCUT2D eigenvalue weighted by Gasteiger charge is -2.21. The molecule has 1 aliphatic carbocycles. The van der Waals surface area contributed by atoms with Gasteiger partial charge in [-0.2, -0.15) is 0 Å². The van der Waals surface area contributed by atoms with Gasteiger partial charge in [0.05, 0.1) is 6.04 Å². The molecule has 9 heteroatoms. The fraction of sp³-hybridized carbons (Fsp3) is 0.824. The Morgan fingerprint density at radius 2 is 1.96 bits per heavy atom. The minimum Gasteiger partial charge on any atom is -0.352 e. The maximum Gasteiger partial charge on any atom is 0.251 e. The van der Waals surface area contributed by atoms with Gasteiger partial charge >= 0.3 is 0 Å². The Kier molecular flexibility index (Phi) is 11.0. The molecule has 1 amide bonds. The van der Waals surface area contributed by atoms with Crippen LogP contribution in [0, 0.1) is 21.4 Å². The topological polar surface area (TPSA) is 137 Å². The Morgan fingerprint density at radius 3 is 2.62 bits per heavy atom. The van der Waals surface area contributed by atoms with Crippen LogP contribution in [0.2, 0.25) is 0 Å². The molecule has 1 saturated carbocycles. The lowest BCUT2D eigenvalue weighted by Crippen LogP contribution is -2.41. The third-order valence-electron chi connectivity index (χ3n) is 4.70. The van der Waals surface area contributed by atoms with Crippen LogP contribution in [0.1, 0.15) is 70.6 Å². The van der Waals surface area contributed by atoms with Gasteiger partial charge in [0, 0.05) is 13.0 Å². The van der Waals surface area contributed by atoms with E-state index in [0.717, 1.165) is 18.8 Å². The third kappa shape index (κ3) is 10.6. The smallest absolute Gasteiger partial charge is 0.251 e. The number of nitro groups is 1. The van der Waals surface area contributed by atoms with Gasteiger partial charge < -0.3 is 15.4 Å². The van der Waals surface area contributed by atoms with Gasteiger partial charge in [-0.3, -0.25) is 10.2 Å². The van der Waals surface area contributed by atoms with Crippen molar-refractivity contribution < 1.29 is 14.6 Å². The van der Waals surface area contributed by atoms with Crippen LogP contribution in [-0.4, -0.2) is 35.8 Å². The summed E-state index contributed by atoms with van der Waals surface area (Å²) < 4.78 is 0. The average molecular weight is 369 g/mol. The van der Waals surface area contributed by atoms with Crippen LogP contribution in [0.15, 0.2) is 0 Å². The van der Waals surface area contributed by atoms with Crippen molar-refractivity contribution in [3.63, 3.8) is 0 Å². The molecule has 4 N–H and O–H groups in total. The van der Waals surface area contributed by atoms with Gasteiger partial charge in [-0.15, -0.1) is 0 Å². The van der Waals surface area contributed by atoms with Gasteiger partial charge in [0.25, 0.3) is 5.96 Å². The van der Waals surface area contributed by atoms with Gasteiger partial charge in [-0.05, 0) is 25.2 Å². The molecule has 0 saturated heterocycles. The first-order chi connectivity index (χ1) is 12.5. The maximum atomic E-state index is 11.9. The zero-order valence-electron chi connectivity index (χ0n) is 15.3. The molecule has 148 valence electrons. The van der Waals surface area contributed by atoms with Crippen molar-refractivity contribution in [1.82, 2.24) is 16.1 Å². The lowest BCUT2D eigenvalue weighted by atomic mass is 9.85. The molecule has 26 heavy (non-hydrogen) atoms. The third-order valence-corrected chi connectivity index (χ3v) is 4.70. The van der Waals surface area contributed by atoms with Crippen molar-refractivity contribution in [3.8, 4) is 0 Å². The lowest BCUT2D eigenvalue weighted by molar-refractivity contribution is -0.525. The minimum atomic E-state index is -0.821. The summed E-state index contributed by atoms with van der Waals surface area (Å²) in [6.45, 7) is 0.307. The van der Waals surface area contributed by atoms with Crippen LogP contribution in [0.25, 0.3) is 0 Å². The normalized spacial score (nSPS) is 15.7. The molecular formula is C17H31N5O4. The van der Waals surface area contributed by atoms with E-state index in [1.54, 1.807) is 5.43 Å². The summed E-state index contributed by atoms with van der Waals surface area (Å²) in [6.07, 6.45) is 11.8. The molecule has 0 aromatic carbocycles. The molecule has 0 bridgehead atoms. The number of nitrogens with one attached hydrogen (secondary N) is 4. The molecule has 9 nitrogen and oxygen atoms in total. The number of nitrogens with zero attached hydrogens (tertiary/aromatic N) is 1. The molecule has 0 heterocycles. The Balaban J connectivity index is 2.07. The summed E-state index contributed by atoms with van der Waals surface area (Å²) in [4.78, 5) is 33.1. The van der Waals surface area contributed by atoms with Crippen LogP contribution < -0.4 is 16.1 Å². The number of carbonyl (C=O) groups excluding carboxylic acids is 2. The molecule has 1 aliphatic rings. The predicted molar refractivity (Wildman–Crippen MR) is 98.1 cm³/mol. The molecule has 0 aromatic heterocycles. The Labute approximate surface area is 154 Å². The highest BCUT2D eigenvalue weighted by Crippen LogP contribution is 2.27. The van der Waals surface area contributed by atoms with Gasteiger partial charge in [0.1, 0.15) is 6.29 Å². The zero-order chi connectivity index (χ0) is 19.2. The van der Waals surface area contributed by atoms with E-state index in [0.29, 0.717) is 32.1 Å². The van der Waals surface area contributed by atoms with E-state index in [2.05, 4.69) is 10.6 Å². The maximum absolute atomic E-state index is 11.9. The number of amides is 1. The summed E-state index contributed by atoms with van der Waals surface area (Å²) in [6, 6.07) is -0.555. The first-order valence-corrected chi connectivity index (χ1v) is 9.49. The van der Waals surface area contributed by atoms with Crippen molar-refractivity contribution in [2.45, 2.75) is 76.7 Å². The van der Waals surface area contributed by atoms with Gasteiger partial charge in [0.2, 0.25) is 5.91 Å². The summed E-state index contributed by atoms with van der Waals surface area (Å²) in [5, 5.41) is 21.8. The molecule has 0 spiro atoms. The fourth-order valence-corrected chi connectivity index (χ4v) is 3.31. The zero-order valence-corrected chi connectivity index (χ0v) is 15.3. The highest BCUT2D eigenvalue weighted by atomic mass is 16.7. The van der Waals surface area contributed by atoms with E-state index < -0.39 is 17.0 Å². The summed E-state index contributed by atoms with van der Waals surface area (Å²) in [7, 11) is 0. The van der Waals surface area contributed by atoms with E-state index in [-0.39, 0.29) is 5.91 Å². The first kappa shape index (κ1) is 21.9. The fourth-order valence-electron chi connectivity index (χ4n) is 3.31. The van der Waals surface area contributed by atoms with Gasteiger partial charge in [-0.25, -0.2) is 10.1 Å². The summed E-state index contributed by atoms with van der Waals surface area (Å²) >= 11 is 0. The summed E-state index contributed by atoms with van der Waals surface area (Å²) in [5.74, 6) is 0.312. The van der Waals surface area contributed by atoms with Crippen LogP contribution in [0.4, 0.5) is 0 Å². The largest absolute Gasteiger partial charge is 0.352 e. The molecule has 0 aliphatic heterocycles. The standard InChI is InChI=1S/C17H31N5O4/c18-17(21-22(25)26)19-12-6-10-15(13-23)20-16(24)11-5-4-9-14-7-2-1-3-8-14/h13-15H,1-12H2,(H,20,24)(H3,18,19,21). The van der Waals surface area contributed by atoms with E-state index in [1.807, 2.05) is 0 Å². The Bertz CT molecular complexity index is 466. The highest BCUT2D eigenvalue weighted by molar-refractivity contribution is 5.79. The van der Waals surface area contributed by atoms with E-state index in [4.69, 9.17) is 5.41 Å². The van der Waals surface area contributed by atoms with Crippen molar-refractivity contribution in [1.29, 1.82) is 5.41 Å². The average Bonchev–Trinajstić information content (AvgIpc) is 2.61. The minimum absolute atomic E-state index is 0.110. The number of hydrogen-bond donors (Lipinski definition) is 4. The van der Waals surface area contributed by atoms with Gasteiger partial charge in [-0.1, -0.05) is 50.4 Å². The summed E-state index contributed by atoms with van der Waals surface area (Å²) in [5.41, 5.74) is 1.68. The number of carbonyl (C=O) groups is 2. The number of hydrogen-bond acceptors (Lipinski definition) is 5. The van der Waals surface area contributed by atoms with Crippen molar-refractivity contribution in [2.24, 2.45) is 5.92 Å². The monoisotopic (exact) mass is 369 g/mol. The number of rotatable bonds is 12. The molecule has 1 rings (SSSR count). The highest BCUT2D eigenvalue weighted by Gasteiger charge is 2.14. The van der Waals surface area contributed by atoms with Crippen LogP contribution >= 0.6 is 0 Å². The van der Waals surface area contributed by atoms with E-state index >= 15 is 0 Å². The second-order valence-electron chi connectivity index (χ2n) is 6.87. The number of unbranched alkanes of at least 4 members (excludes halogenated alkanes) is 1. The van der Waals surface area contributed by atoms with E-state index in [9.17, 15) is 19.7 Å². The van der Waals surface area contributed by atoms with Crippen LogP contribution in [0.5, 0.6) is 0 Å². The quantitative estimate of drug-likeness (QED) is 0.104. The van der Waals surface area contributed by atoms with Crippen LogP contribution in [-0.2, 0) is 9.59 Å². The molecule has 1 atom stereocenters. The molecule has 0 radical (unpaired) electrons. The van der Waals surface area contributed by atoms with Crippen molar-refractivity contribution >= 4 is 18.2 Å². The number of guanidine groups is 1. The van der Waals surface area contributed by atoms with Crippen molar-refractivity contribution in [3.05, 3.63) is 10.1 Å².